The summed E-state index contributed by atoms with van der Waals surface area (Å²) < 4.78 is 1.76. The Balaban J connectivity index is 1.43. The van der Waals surface area contributed by atoms with Crippen LogP contribution in [0.5, 0.6) is 0 Å². The van der Waals surface area contributed by atoms with E-state index in [9.17, 15) is 4.79 Å². The van der Waals surface area contributed by atoms with Crippen molar-refractivity contribution in [2.75, 3.05) is 18.4 Å². The minimum absolute atomic E-state index is 0.0432. The van der Waals surface area contributed by atoms with Gasteiger partial charge in [-0.1, -0.05) is 18.2 Å². The predicted molar refractivity (Wildman–Crippen MR) is 90.8 cm³/mol. The lowest BCUT2D eigenvalue weighted by Gasteiger charge is -2.06. The third kappa shape index (κ3) is 4.39. The number of anilines is 1. The Morgan fingerprint density at radius 3 is 2.62 bits per heavy atom. The fourth-order valence-corrected chi connectivity index (χ4v) is 2.19. The van der Waals surface area contributed by atoms with Crippen molar-refractivity contribution in [3.05, 3.63) is 66.7 Å². The maximum atomic E-state index is 12.0. The topological polar surface area (TPSA) is 84.7 Å². The van der Waals surface area contributed by atoms with Crippen molar-refractivity contribution in [1.29, 1.82) is 0 Å². The fourth-order valence-electron chi connectivity index (χ4n) is 2.19. The minimum atomic E-state index is -0.0432. The summed E-state index contributed by atoms with van der Waals surface area (Å²) in [6, 6.07) is 11.5. The summed E-state index contributed by atoms with van der Waals surface area (Å²) >= 11 is 0. The monoisotopic (exact) mass is 322 g/mol. The van der Waals surface area contributed by atoms with E-state index in [1.54, 1.807) is 29.3 Å². The Kier molecular flexibility index (Phi) is 5.14. The van der Waals surface area contributed by atoms with Gasteiger partial charge in [0, 0.05) is 31.7 Å². The van der Waals surface area contributed by atoms with E-state index in [1.165, 1.54) is 0 Å². The highest BCUT2D eigenvalue weighted by Gasteiger charge is 2.06. The molecule has 24 heavy (non-hydrogen) atoms. The van der Waals surface area contributed by atoms with Gasteiger partial charge in [-0.05, 0) is 23.8 Å². The number of nitrogens with one attached hydrogen (secondary N) is 2. The Morgan fingerprint density at radius 1 is 1.04 bits per heavy atom. The molecule has 2 aromatic heterocycles. The minimum Gasteiger partial charge on any atom is -0.354 e. The largest absolute Gasteiger partial charge is 0.354 e. The fraction of sp³-hybridized carbons (Fsp3) is 0.176. The van der Waals surface area contributed by atoms with Gasteiger partial charge in [0.25, 0.3) is 0 Å². The smallest absolute Gasteiger partial charge is 0.224 e. The lowest BCUT2D eigenvalue weighted by molar-refractivity contribution is -0.120. The molecule has 2 N–H and O–H groups in total. The molecule has 3 rings (SSSR count). The van der Waals surface area contributed by atoms with Gasteiger partial charge >= 0.3 is 0 Å². The van der Waals surface area contributed by atoms with Crippen molar-refractivity contribution in [3.63, 3.8) is 0 Å². The standard InChI is InChI=1S/C17H18N6O/c24-16(18-9-10-21-17-19-7-4-8-20-17)11-14-12-22-23(13-14)15-5-2-1-3-6-15/h1-8,12-13H,9-11H2,(H,18,24)(H,19,20,21). The molecule has 1 amide bonds. The third-order valence-corrected chi connectivity index (χ3v) is 3.32. The summed E-state index contributed by atoms with van der Waals surface area (Å²) in [5, 5.41) is 10.2. The second-order valence-corrected chi connectivity index (χ2v) is 5.15. The molecule has 0 aliphatic carbocycles. The van der Waals surface area contributed by atoms with E-state index >= 15 is 0 Å². The van der Waals surface area contributed by atoms with Gasteiger partial charge in [-0.3, -0.25) is 4.79 Å². The Morgan fingerprint density at radius 2 is 1.83 bits per heavy atom. The molecule has 0 saturated carbocycles. The summed E-state index contributed by atoms with van der Waals surface area (Å²) in [7, 11) is 0. The van der Waals surface area contributed by atoms with Gasteiger partial charge in [0.15, 0.2) is 0 Å². The molecular formula is C17H18N6O. The third-order valence-electron chi connectivity index (χ3n) is 3.32. The van der Waals surface area contributed by atoms with Gasteiger partial charge in [-0.25, -0.2) is 14.6 Å². The summed E-state index contributed by atoms with van der Waals surface area (Å²) in [5.74, 6) is 0.509. The number of benzene rings is 1. The van der Waals surface area contributed by atoms with Crippen LogP contribution in [0.15, 0.2) is 61.2 Å². The lowest BCUT2D eigenvalue weighted by Crippen LogP contribution is -2.30. The van der Waals surface area contributed by atoms with Crippen LogP contribution < -0.4 is 10.6 Å². The Bertz CT molecular complexity index is 772. The molecular weight excluding hydrogens is 304 g/mol. The van der Waals surface area contributed by atoms with E-state index in [0.29, 0.717) is 25.5 Å². The molecule has 0 bridgehead atoms. The maximum Gasteiger partial charge on any atom is 0.224 e. The first-order valence-electron chi connectivity index (χ1n) is 7.68. The SMILES string of the molecule is O=C(Cc1cnn(-c2ccccc2)c1)NCCNc1ncccn1. The van der Waals surface area contributed by atoms with Crippen LogP contribution >= 0.6 is 0 Å². The van der Waals surface area contributed by atoms with Gasteiger partial charge in [0.2, 0.25) is 11.9 Å². The summed E-state index contributed by atoms with van der Waals surface area (Å²) in [6.07, 6.45) is 7.21. The molecule has 0 unspecified atom stereocenters. The molecule has 1 aromatic carbocycles. The number of carbonyl (C=O) groups excluding carboxylic acids is 1. The first kappa shape index (κ1) is 15.7. The van der Waals surface area contributed by atoms with E-state index in [-0.39, 0.29) is 5.91 Å². The van der Waals surface area contributed by atoms with Crippen LogP contribution in [-0.4, -0.2) is 38.7 Å². The quantitative estimate of drug-likeness (QED) is 0.643. The molecule has 0 aliphatic heterocycles. The number of hydrogen-bond donors (Lipinski definition) is 2. The molecule has 0 atom stereocenters. The molecule has 0 saturated heterocycles. The molecule has 122 valence electrons. The maximum absolute atomic E-state index is 12.0. The molecule has 0 aliphatic rings. The second-order valence-electron chi connectivity index (χ2n) is 5.15. The zero-order valence-electron chi connectivity index (χ0n) is 13.1. The summed E-state index contributed by atoms with van der Waals surface area (Å²) in [5.41, 5.74) is 1.84. The van der Waals surface area contributed by atoms with E-state index in [1.807, 2.05) is 36.5 Å². The average Bonchev–Trinajstić information content (AvgIpc) is 3.09. The van der Waals surface area contributed by atoms with E-state index in [4.69, 9.17) is 0 Å². The molecule has 7 heteroatoms. The van der Waals surface area contributed by atoms with Crippen LogP contribution in [0, 0.1) is 0 Å². The van der Waals surface area contributed by atoms with Gasteiger partial charge in [-0.2, -0.15) is 5.10 Å². The highest BCUT2D eigenvalue weighted by atomic mass is 16.1. The van der Waals surface area contributed by atoms with Gasteiger partial charge in [0.05, 0.1) is 18.3 Å². The first-order chi connectivity index (χ1) is 11.8. The second kappa shape index (κ2) is 7.87. The van der Waals surface area contributed by atoms with Crippen LogP contribution in [0.25, 0.3) is 5.69 Å². The number of amides is 1. The number of rotatable bonds is 7. The molecule has 0 spiro atoms. The van der Waals surface area contributed by atoms with Crippen LogP contribution in [0.3, 0.4) is 0 Å². The van der Waals surface area contributed by atoms with E-state index < -0.39 is 0 Å². The number of nitrogens with zero attached hydrogens (tertiary/aromatic N) is 4. The predicted octanol–water partition coefficient (Wildman–Crippen LogP) is 1.43. The zero-order chi connectivity index (χ0) is 16.6. The number of hydrogen-bond acceptors (Lipinski definition) is 5. The normalized spacial score (nSPS) is 10.3. The van der Waals surface area contributed by atoms with E-state index in [2.05, 4.69) is 25.7 Å². The number of aromatic nitrogens is 4. The van der Waals surface area contributed by atoms with Gasteiger partial charge in [-0.15, -0.1) is 0 Å². The van der Waals surface area contributed by atoms with Crippen LogP contribution in [0.2, 0.25) is 0 Å². The van der Waals surface area contributed by atoms with Crippen molar-refractivity contribution in [2.45, 2.75) is 6.42 Å². The molecule has 3 aromatic rings. The molecule has 0 fully saturated rings. The zero-order valence-corrected chi connectivity index (χ0v) is 13.1. The first-order valence-corrected chi connectivity index (χ1v) is 7.68. The highest BCUT2D eigenvalue weighted by molar-refractivity contribution is 5.78. The van der Waals surface area contributed by atoms with Crippen LogP contribution in [0.1, 0.15) is 5.56 Å². The van der Waals surface area contributed by atoms with Crippen molar-refractivity contribution in [3.8, 4) is 5.69 Å². The lowest BCUT2D eigenvalue weighted by atomic mass is 10.2. The summed E-state index contributed by atoms with van der Waals surface area (Å²) in [6.45, 7) is 1.07. The summed E-state index contributed by atoms with van der Waals surface area (Å²) in [4.78, 5) is 20.1. The van der Waals surface area contributed by atoms with Crippen LogP contribution in [-0.2, 0) is 11.2 Å². The molecule has 0 radical (unpaired) electrons. The average molecular weight is 322 g/mol. The molecule has 2 heterocycles. The van der Waals surface area contributed by atoms with E-state index in [0.717, 1.165) is 11.3 Å². The highest BCUT2D eigenvalue weighted by Crippen LogP contribution is 2.07. The number of para-hydroxylation sites is 1. The Hall–Kier alpha value is -3.22. The molecule has 7 nitrogen and oxygen atoms in total. The van der Waals surface area contributed by atoms with Crippen molar-refractivity contribution < 1.29 is 4.79 Å². The Labute approximate surface area is 139 Å². The number of carbonyl (C=O) groups is 1. The van der Waals surface area contributed by atoms with Crippen molar-refractivity contribution >= 4 is 11.9 Å². The van der Waals surface area contributed by atoms with Crippen molar-refractivity contribution in [2.24, 2.45) is 0 Å². The van der Waals surface area contributed by atoms with Crippen LogP contribution in [0.4, 0.5) is 5.95 Å². The van der Waals surface area contributed by atoms with Gasteiger partial charge in [0.1, 0.15) is 0 Å². The van der Waals surface area contributed by atoms with Crippen molar-refractivity contribution in [1.82, 2.24) is 25.1 Å². The van der Waals surface area contributed by atoms with Gasteiger partial charge < -0.3 is 10.6 Å².